The molecular weight excluding hydrogens is 350 g/mol. The number of anilines is 2. The molecule has 0 saturated carbocycles. The molecule has 3 rings (SSSR count). The number of amides is 1. The normalized spacial score (nSPS) is 15.3. The molecule has 0 spiro atoms. The topological polar surface area (TPSA) is 49.6 Å². The van der Waals surface area contributed by atoms with Crippen LogP contribution in [-0.2, 0) is 0 Å². The Morgan fingerprint density at radius 3 is 2.48 bits per heavy atom. The highest BCUT2D eigenvalue weighted by Gasteiger charge is 2.24. The Hall–Kier alpha value is -1.53. The van der Waals surface area contributed by atoms with Crippen LogP contribution in [0.2, 0.25) is 0 Å². The number of nitrogens with zero attached hydrogens (tertiary/aromatic N) is 2. The minimum Gasteiger partial charge on any atom is -0.397 e. The van der Waals surface area contributed by atoms with E-state index in [-0.39, 0.29) is 5.91 Å². The molecule has 1 saturated heterocycles. The van der Waals surface area contributed by atoms with Crippen molar-refractivity contribution in [2.75, 3.05) is 36.8 Å². The summed E-state index contributed by atoms with van der Waals surface area (Å²) in [7, 11) is 0. The summed E-state index contributed by atoms with van der Waals surface area (Å²) in [5.41, 5.74) is 7.86. The summed E-state index contributed by atoms with van der Waals surface area (Å²) in [6.45, 7) is 3.06. The van der Waals surface area contributed by atoms with Crippen molar-refractivity contribution in [2.45, 2.75) is 0 Å². The lowest BCUT2D eigenvalue weighted by Gasteiger charge is -2.36. The van der Waals surface area contributed by atoms with E-state index in [0.29, 0.717) is 0 Å². The van der Waals surface area contributed by atoms with Crippen molar-refractivity contribution < 1.29 is 4.79 Å². The molecule has 2 heterocycles. The number of halogens is 1. The quantitative estimate of drug-likeness (QED) is 0.832. The van der Waals surface area contributed by atoms with Crippen molar-refractivity contribution >= 4 is 44.5 Å². The number of hydrogen-bond donors (Lipinski definition) is 1. The smallest absolute Gasteiger partial charge is 0.265 e. The first-order valence-corrected chi connectivity index (χ1v) is 8.46. The third-order valence-electron chi connectivity index (χ3n) is 3.66. The van der Waals surface area contributed by atoms with Gasteiger partial charge in [0, 0.05) is 30.7 Å². The molecule has 0 bridgehead atoms. The fourth-order valence-electron chi connectivity index (χ4n) is 2.52. The highest BCUT2D eigenvalue weighted by Crippen LogP contribution is 2.26. The lowest BCUT2D eigenvalue weighted by Crippen LogP contribution is -2.48. The van der Waals surface area contributed by atoms with Gasteiger partial charge in [-0.15, -0.1) is 11.3 Å². The van der Waals surface area contributed by atoms with Crippen molar-refractivity contribution in [1.29, 1.82) is 0 Å². The zero-order valence-corrected chi connectivity index (χ0v) is 13.9. The maximum atomic E-state index is 12.5. The van der Waals surface area contributed by atoms with Crippen LogP contribution in [0.1, 0.15) is 9.67 Å². The Kier molecular flexibility index (Phi) is 4.17. The van der Waals surface area contributed by atoms with Crippen LogP contribution in [0, 0.1) is 0 Å². The number of piperazine rings is 1. The van der Waals surface area contributed by atoms with Gasteiger partial charge in [-0.05, 0) is 39.5 Å². The maximum Gasteiger partial charge on any atom is 0.265 e. The predicted molar refractivity (Wildman–Crippen MR) is 91.0 cm³/mol. The van der Waals surface area contributed by atoms with Gasteiger partial charge in [-0.1, -0.05) is 12.1 Å². The Labute approximate surface area is 136 Å². The molecule has 4 nitrogen and oxygen atoms in total. The molecule has 110 valence electrons. The summed E-state index contributed by atoms with van der Waals surface area (Å²) in [6.07, 6.45) is 0. The minimum atomic E-state index is 0.109. The molecule has 1 amide bonds. The lowest BCUT2D eigenvalue weighted by atomic mass is 10.2. The lowest BCUT2D eigenvalue weighted by molar-refractivity contribution is 0.0751. The molecule has 1 fully saturated rings. The second-order valence-electron chi connectivity index (χ2n) is 4.94. The summed E-state index contributed by atoms with van der Waals surface area (Å²) >= 11 is 4.91. The van der Waals surface area contributed by atoms with E-state index in [0.717, 1.165) is 46.9 Å². The fraction of sp³-hybridized carbons (Fsp3) is 0.267. The number of hydrogen-bond acceptors (Lipinski definition) is 4. The second kappa shape index (κ2) is 6.07. The number of rotatable bonds is 2. The van der Waals surface area contributed by atoms with Gasteiger partial charge in [0.1, 0.15) is 4.88 Å². The molecule has 1 aromatic carbocycles. The minimum absolute atomic E-state index is 0.109. The number of carbonyl (C=O) groups is 1. The van der Waals surface area contributed by atoms with E-state index in [2.05, 4.69) is 20.8 Å². The first-order valence-electron chi connectivity index (χ1n) is 6.78. The largest absolute Gasteiger partial charge is 0.397 e. The van der Waals surface area contributed by atoms with Gasteiger partial charge in [0.15, 0.2) is 0 Å². The summed E-state index contributed by atoms with van der Waals surface area (Å²) in [5.74, 6) is 0.109. The number of para-hydroxylation sites is 2. The van der Waals surface area contributed by atoms with E-state index < -0.39 is 0 Å². The molecule has 1 aliphatic heterocycles. The van der Waals surface area contributed by atoms with Crippen LogP contribution >= 0.6 is 27.3 Å². The molecule has 0 radical (unpaired) electrons. The van der Waals surface area contributed by atoms with Gasteiger partial charge >= 0.3 is 0 Å². The summed E-state index contributed by atoms with van der Waals surface area (Å²) < 4.78 is 0.882. The van der Waals surface area contributed by atoms with E-state index >= 15 is 0 Å². The molecular formula is C15H16BrN3OS. The highest BCUT2D eigenvalue weighted by atomic mass is 79.9. The van der Waals surface area contributed by atoms with Gasteiger partial charge in [-0.25, -0.2) is 0 Å². The number of benzene rings is 1. The average Bonchev–Trinajstić information content (AvgIpc) is 2.93. The maximum absolute atomic E-state index is 12.5. The van der Waals surface area contributed by atoms with Gasteiger partial charge in [0.2, 0.25) is 0 Å². The fourth-order valence-corrected chi connectivity index (χ4v) is 4.02. The summed E-state index contributed by atoms with van der Waals surface area (Å²) in [4.78, 5) is 17.4. The van der Waals surface area contributed by atoms with Crippen molar-refractivity contribution in [3.63, 3.8) is 0 Å². The van der Waals surface area contributed by atoms with Gasteiger partial charge in [0.05, 0.1) is 11.4 Å². The number of nitrogen functional groups attached to an aromatic ring is 1. The van der Waals surface area contributed by atoms with Gasteiger partial charge in [-0.3, -0.25) is 4.79 Å². The van der Waals surface area contributed by atoms with E-state index in [4.69, 9.17) is 5.73 Å². The SMILES string of the molecule is Nc1ccccc1N1CCN(C(=O)c2sccc2Br)CC1. The predicted octanol–water partition coefficient (Wildman–Crippen LogP) is 3.06. The average molecular weight is 366 g/mol. The monoisotopic (exact) mass is 365 g/mol. The van der Waals surface area contributed by atoms with Crippen molar-refractivity contribution in [3.05, 3.63) is 45.1 Å². The van der Waals surface area contributed by atoms with Gasteiger partial charge < -0.3 is 15.5 Å². The number of thiophene rings is 1. The molecule has 0 atom stereocenters. The van der Waals surface area contributed by atoms with Crippen LogP contribution in [-0.4, -0.2) is 37.0 Å². The zero-order chi connectivity index (χ0) is 14.8. The zero-order valence-electron chi connectivity index (χ0n) is 11.5. The third kappa shape index (κ3) is 2.91. The first-order chi connectivity index (χ1) is 10.2. The van der Waals surface area contributed by atoms with E-state index in [9.17, 15) is 4.79 Å². The molecule has 6 heteroatoms. The van der Waals surface area contributed by atoms with Crippen LogP contribution in [0.4, 0.5) is 11.4 Å². The Morgan fingerprint density at radius 1 is 1.14 bits per heavy atom. The Balaban J connectivity index is 1.67. The van der Waals surface area contributed by atoms with Crippen LogP contribution in [0.25, 0.3) is 0 Å². The van der Waals surface area contributed by atoms with Crippen molar-refractivity contribution in [1.82, 2.24) is 4.90 Å². The van der Waals surface area contributed by atoms with E-state index in [1.54, 1.807) is 0 Å². The molecule has 1 aromatic heterocycles. The first kappa shape index (κ1) is 14.4. The van der Waals surface area contributed by atoms with Crippen LogP contribution in [0.5, 0.6) is 0 Å². The third-order valence-corrected chi connectivity index (χ3v) is 5.48. The van der Waals surface area contributed by atoms with Crippen LogP contribution in [0.15, 0.2) is 40.2 Å². The van der Waals surface area contributed by atoms with Crippen LogP contribution in [0.3, 0.4) is 0 Å². The molecule has 0 unspecified atom stereocenters. The number of nitrogens with two attached hydrogens (primary N) is 1. The Morgan fingerprint density at radius 2 is 1.86 bits per heavy atom. The molecule has 0 aliphatic carbocycles. The molecule has 1 aliphatic rings. The van der Waals surface area contributed by atoms with E-state index in [1.807, 2.05) is 40.6 Å². The van der Waals surface area contributed by atoms with Crippen molar-refractivity contribution in [3.8, 4) is 0 Å². The van der Waals surface area contributed by atoms with Crippen molar-refractivity contribution in [2.24, 2.45) is 0 Å². The second-order valence-corrected chi connectivity index (χ2v) is 6.71. The number of carbonyl (C=O) groups excluding carboxylic acids is 1. The van der Waals surface area contributed by atoms with Crippen LogP contribution < -0.4 is 10.6 Å². The van der Waals surface area contributed by atoms with Gasteiger partial charge in [-0.2, -0.15) is 0 Å². The molecule has 2 aromatic rings. The highest BCUT2D eigenvalue weighted by molar-refractivity contribution is 9.10. The Bertz CT molecular complexity index is 650. The molecule has 2 N–H and O–H groups in total. The van der Waals surface area contributed by atoms with E-state index in [1.165, 1.54) is 11.3 Å². The van der Waals surface area contributed by atoms with Gasteiger partial charge in [0.25, 0.3) is 5.91 Å². The standard InChI is InChI=1S/C15H16BrN3OS/c16-11-5-10-21-14(11)15(20)19-8-6-18(7-9-19)13-4-2-1-3-12(13)17/h1-5,10H,6-9,17H2. The summed E-state index contributed by atoms with van der Waals surface area (Å²) in [5, 5.41) is 1.93. The summed E-state index contributed by atoms with van der Waals surface area (Å²) in [6, 6.07) is 9.79. The molecule has 21 heavy (non-hydrogen) atoms.